The third-order valence-corrected chi connectivity index (χ3v) is 4.85. The summed E-state index contributed by atoms with van der Waals surface area (Å²) >= 11 is 0. The van der Waals surface area contributed by atoms with Crippen LogP contribution >= 0.6 is 0 Å². The van der Waals surface area contributed by atoms with E-state index in [0.29, 0.717) is 30.3 Å². The maximum absolute atomic E-state index is 12.1. The third-order valence-electron chi connectivity index (χ3n) is 4.85. The van der Waals surface area contributed by atoms with E-state index in [1.807, 2.05) is 0 Å². The number of rotatable bonds is 4. The molecule has 2 rings (SSSR count). The number of carbonyl (C=O) groups excluding carboxylic acids is 1. The molecule has 2 fully saturated rings. The van der Waals surface area contributed by atoms with Crippen molar-refractivity contribution in [3.8, 4) is 0 Å². The van der Waals surface area contributed by atoms with Crippen molar-refractivity contribution in [2.75, 3.05) is 13.2 Å². The van der Waals surface area contributed by atoms with Crippen LogP contribution < -0.4 is 10.6 Å². The second-order valence-corrected chi connectivity index (χ2v) is 6.92. The molecule has 20 heavy (non-hydrogen) atoms. The summed E-state index contributed by atoms with van der Waals surface area (Å²) in [4.78, 5) is 12.1. The van der Waals surface area contributed by atoms with Gasteiger partial charge in [0.2, 0.25) is 0 Å². The average molecular weight is 282 g/mol. The Hall–Kier alpha value is -0.770. The van der Waals surface area contributed by atoms with Gasteiger partial charge in [-0.05, 0) is 43.4 Å². The van der Waals surface area contributed by atoms with Crippen LogP contribution in [0, 0.1) is 17.8 Å². The summed E-state index contributed by atoms with van der Waals surface area (Å²) in [6.07, 6.45) is 6.02. The zero-order valence-corrected chi connectivity index (χ0v) is 13.2. The SMILES string of the molecule is CC(C)[C@@H]1CC[C@@H](C)C[C@@H]1NC(=O)NCC1CCCO1. The first kappa shape index (κ1) is 15.6. The van der Waals surface area contributed by atoms with Crippen LogP contribution in [-0.2, 0) is 4.74 Å². The maximum Gasteiger partial charge on any atom is 0.315 e. The lowest BCUT2D eigenvalue weighted by molar-refractivity contribution is 0.110. The van der Waals surface area contributed by atoms with E-state index in [4.69, 9.17) is 4.74 Å². The standard InChI is InChI=1S/C16H30N2O2/c1-11(2)14-7-6-12(3)9-15(14)18-16(19)17-10-13-5-4-8-20-13/h11-15H,4-10H2,1-3H3,(H2,17,18,19)/t12-,13?,14+,15+/m1/s1. The van der Waals surface area contributed by atoms with Crippen molar-refractivity contribution in [3.63, 3.8) is 0 Å². The van der Waals surface area contributed by atoms with Crippen molar-refractivity contribution in [3.05, 3.63) is 0 Å². The van der Waals surface area contributed by atoms with Crippen molar-refractivity contribution < 1.29 is 9.53 Å². The molecular weight excluding hydrogens is 252 g/mol. The summed E-state index contributed by atoms with van der Waals surface area (Å²) < 4.78 is 5.53. The van der Waals surface area contributed by atoms with E-state index < -0.39 is 0 Å². The van der Waals surface area contributed by atoms with Gasteiger partial charge in [0, 0.05) is 19.2 Å². The van der Waals surface area contributed by atoms with Crippen LogP contribution in [0.15, 0.2) is 0 Å². The second kappa shape index (κ2) is 7.30. The molecule has 2 N–H and O–H groups in total. The van der Waals surface area contributed by atoms with Crippen LogP contribution in [0.3, 0.4) is 0 Å². The molecule has 0 bridgehead atoms. The van der Waals surface area contributed by atoms with Gasteiger partial charge in [-0.25, -0.2) is 4.79 Å². The van der Waals surface area contributed by atoms with Gasteiger partial charge in [0.15, 0.2) is 0 Å². The Morgan fingerprint density at radius 1 is 1.30 bits per heavy atom. The molecule has 0 spiro atoms. The smallest absolute Gasteiger partial charge is 0.315 e. The highest BCUT2D eigenvalue weighted by Crippen LogP contribution is 2.33. The van der Waals surface area contributed by atoms with Gasteiger partial charge in [0.05, 0.1) is 6.10 Å². The fraction of sp³-hybridized carbons (Fsp3) is 0.938. The lowest BCUT2D eigenvalue weighted by Gasteiger charge is -2.37. The lowest BCUT2D eigenvalue weighted by atomic mass is 9.74. The number of carbonyl (C=O) groups is 1. The molecule has 1 aliphatic carbocycles. The Morgan fingerprint density at radius 3 is 2.75 bits per heavy atom. The van der Waals surface area contributed by atoms with Gasteiger partial charge in [-0.3, -0.25) is 0 Å². The average Bonchev–Trinajstić information content (AvgIpc) is 2.89. The first-order chi connectivity index (χ1) is 9.56. The quantitative estimate of drug-likeness (QED) is 0.833. The van der Waals surface area contributed by atoms with Crippen molar-refractivity contribution in [1.29, 1.82) is 0 Å². The van der Waals surface area contributed by atoms with E-state index in [-0.39, 0.29) is 12.1 Å². The van der Waals surface area contributed by atoms with E-state index in [0.717, 1.165) is 25.9 Å². The van der Waals surface area contributed by atoms with E-state index in [9.17, 15) is 4.79 Å². The van der Waals surface area contributed by atoms with Crippen molar-refractivity contribution in [2.45, 2.75) is 65.0 Å². The zero-order valence-electron chi connectivity index (χ0n) is 13.2. The summed E-state index contributed by atoms with van der Waals surface area (Å²) in [5.74, 6) is 1.96. The van der Waals surface area contributed by atoms with Gasteiger partial charge >= 0.3 is 6.03 Å². The molecule has 1 heterocycles. The lowest BCUT2D eigenvalue weighted by Crippen LogP contribution is -2.50. The monoisotopic (exact) mass is 282 g/mol. The number of hydrogen-bond donors (Lipinski definition) is 2. The highest BCUT2D eigenvalue weighted by molar-refractivity contribution is 5.74. The highest BCUT2D eigenvalue weighted by Gasteiger charge is 2.31. The molecule has 1 saturated carbocycles. The molecular formula is C16H30N2O2. The molecule has 0 aromatic rings. The van der Waals surface area contributed by atoms with Crippen LogP contribution in [0.4, 0.5) is 4.79 Å². The van der Waals surface area contributed by atoms with E-state index >= 15 is 0 Å². The molecule has 4 nitrogen and oxygen atoms in total. The van der Waals surface area contributed by atoms with Gasteiger partial charge in [0.25, 0.3) is 0 Å². The van der Waals surface area contributed by atoms with Crippen LogP contribution in [-0.4, -0.2) is 31.3 Å². The molecule has 1 saturated heterocycles. The zero-order chi connectivity index (χ0) is 14.5. The molecule has 1 unspecified atom stereocenters. The summed E-state index contributed by atoms with van der Waals surface area (Å²) in [6.45, 7) is 8.29. The molecule has 2 aliphatic rings. The third kappa shape index (κ3) is 4.37. The Bertz CT molecular complexity index is 314. The molecule has 1 aliphatic heterocycles. The molecule has 4 atom stereocenters. The summed E-state index contributed by atoms with van der Waals surface area (Å²) in [6, 6.07) is 0.300. The van der Waals surface area contributed by atoms with Crippen molar-refractivity contribution in [2.24, 2.45) is 17.8 Å². The molecule has 116 valence electrons. The number of hydrogen-bond acceptors (Lipinski definition) is 2. The van der Waals surface area contributed by atoms with Crippen LogP contribution in [0.2, 0.25) is 0 Å². The van der Waals surface area contributed by atoms with Gasteiger partial charge in [-0.15, -0.1) is 0 Å². The first-order valence-electron chi connectivity index (χ1n) is 8.22. The van der Waals surface area contributed by atoms with Gasteiger partial charge in [-0.1, -0.05) is 27.2 Å². The largest absolute Gasteiger partial charge is 0.376 e. The number of nitrogens with one attached hydrogen (secondary N) is 2. The highest BCUT2D eigenvalue weighted by atomic mass is 16.5. The second-order valence-electron chi connectivity index (χ2n) is 6.92. The Kier molecular flexibility index (Phi) is 5.70. The first-order valence-corrected chi connectivity index (χ1v) is 8.22. The van der Waals surface area contributed by atoms with Gasteiger partial charge < -0.3 is 15.4 Å². The fourth-order valence-corrected chi connectivity index (χ4v) is 3.60. The predicted octanol–water partition coefficient (Wildman–Crippen LogP) is 2.93. The molecule has 4 heteroatoms. The van der Waals surface area contributed by atoms with Crippen molar-refractivity contribution in [1.82, 2.24) is 10.6 Å². The minimum Gasteiger partial charge on any atom is -0.376 e. The molecule has 0 aromatic heterocycles. The Balaban J connectivity index is 1.77. The summed E-state index contributed by atoms with van der Waals surface area (Å²) in [5, 5.41) is 6.17. The van der Waals surface area contributed by atoms with E-state index in [2.05, 4.69) is 31.4 Å². The molecule has 0 aromatic carbocycles. The van der Waals surface area contributed by atoms with Crippen LogP contribution in [0.5, 0.6) is 0 Å². The Morgan fingerprint density at radius 2 is 2.10 bits per heavy atom. The van der Waals surface area contributed by atoms with Crippen LogP contribution in [0.1, 0.15) is 52.9 Å². The van der Waals surface area contributed by atoms with E-state index in [1.165, 1.54) is 12.8 Å². The fourth-order valence-electron chi connectivity index (χ4n) is 3.60. The van der Waals surface area contributed by atoms with Gasteiger partial charge in [0.1, 0.15) is 0 Å². The Labute approximate surface area is 123 Å². The summed E-state index contributed by atoms with van der Waals surface area (Å²) in [5.41, 5.74) is 0. The molecule has 2 amide bonds. The normalized spacial score (nSPS) is 34.2. The predicted molar refractivity (Wildman–Crippen MR) is 80.6 cm³/mol. The maximum atomic E-state index is 12.1. The number of urea groups is 1. The number of amides is 2. The minimum absolute atomic E-state index is 0.0229. The topological polar surface area (TPSA) is 50.4 Å². The number of ether oxygens (including phenoxy) is 1. The summed E-state index contributed by atoms with van der Waals surface area (Å²) in [7, 11) is 0. The molecule has 0 radical (unpaired) electrons. The van der Waals surface area contributed by atoms with Crippen molar-refractivity contribution >= 4 is 6.03 Å². The van der Waals surface area contributed by atoms with E-state index in [1.54, 1.807) is 0 Å². The van der Waals surface area contributed by atoms with Gasteiger partial charge in [-0.2, -0.15) is 0 Å². The minimum atomic E-state index is -0.0229. The van der Waals surface area contributed by atoms with Crippen LogP contribution in [0.25, 0.3) is 0 Å².